The Morgan fingerprint density at radius 3 is 3.13 bits per heavy atom. The zero-order valence-electron chi connectivity index (χ0n) is 14.2. The van der Waals surface area contributed by atoms with Gasteiger partial charge in [0.1, 0.15) is 0 Å². The van der Waals surface area contributed by atoms with Gasteiger partial charge in [0.15, 0.2) is 0 Å². The summed E-state index contributed by atoms with van der Waals surface area (Å²) in [6.45, 7) is 6.35. The molecule has 0 saturated carbocycles. The van der Waals surface area contributed by atoms with Crippen molar-refractivity contribution in [1.29, 1.82) is 0 Å². The molecule has 1 fully saturated rings. The van der Waals surface area contributed by atoms with E-state index in [1.54, 1.807) is 25.4 Å². The second kappa shape index (κ2) is 8.84. The number of hydrogen-bond acceptors (Lipinski definition) is 5. The molecule has 1 aromatic heterocycles. The minimum atomic E-state index is -0.00851. The van der Waals surface area contributed by atoms with E-state index in [-0.39, 0.29) is 18.1 Å². The van der Waals surface area contributed by atoms with Crippen molar-refractivity contribution in [3.63, 3.8) is 0 Å². The number of carbonyl (C=O) groups is 1. The smallest absolute Gasteiger partial charge is 0.254 e. The molecule has 6 heteroatoms. The van der Waals surface area contributed by atoms with Crippen LogP contribution in [0.1, 0.15) is 37.0 Å². The van der Waals surface area contributed by atoms with Gasteiger partial charge in [0.2, 0.25) is 5.88 Å². The van der Waals surface area contributed by atoms with Crippen LogP contribution in [0.25, 0.3) is 0 Å². The first-order chi connectivity index (χ1) is 11.2. The molecule has 1 aliphatic heterocycles. The van der Waals surface area contributed by atoms with Crippen LogP contribution in [-0.2, 0) is 9.47 Å². The minimum Gasteiger partial charge on any atom is -0.475 e. The van der Waals surface area contributed by atoms with Gasteiger partial charge in [-0.05, 0) is 25.8 Å². The van der Waals surface area contributed by atoms with Gasteiger partial charge in [-0.15, -0.1) is 0 Å². The highest BCUT2D eigenvalue weighted by Crippen LogP contribution is 2.18. The molecule has 0 bridgehead atoms. The minimum absolute atomic E-state index is 0.00851. The molecule has 0 radical (unpaired) electrons. The fraction of sp³-hybridized carbons (Fsp3) is 0.647. The maximum absolute atomic E-state index is 12.8. The summed E-state index contributed by atoms with van der Waals surface area (Å²) in [4.78, 5) is 18.9. The second-order valence-corrected chi connectivity index (χ2v) is 5.73. The van der Waals surface area contributed by atoms with Crippen molar-refractivity contribution in [3.05, 3.63) is 23.9 Å². The molecule has 0 N–H and O–H groups in total. The Hall–Kier alpha value is -1.66. The number of aromatic nitrogens is 1. The van der Waals surface area contributed by atoms with E-state index in [1.165, 1.54) is 0 Å². The number of morpholine rings is 1. The molecule has 0 aliphatic carbocycles. The maximum atomic E-state index is 12.8. The van der Waals surface area contributed by atoms with Gasteiger partial charge in [0.25, 0.3) is 5.91 Å². The Labute approximate surface area is 137 Å². The Kier molecular flexibility index (Phi) is 6.80. The lowest BCUT2D eigenvalue weighted by atomic mass is 10.1. The zero-order valence-corrected chi connectivity index (χ0v) is 14.2. The lowest BCUT2D eigenvalue weighted by molar-refractivity contribution is -0.0104. The Morgan fingerprint density at radius 1 is 1.57 bits per heavy atom. The lowest BCUT2D eigenvalue weighted by Crippen LogP contribution is -2.49. The molecule has 128 valence electrons. The normalized spacial score (nSPS) is 19.4. The Morgan fingerprint density at radius 2 is 2.39 bits per heavy atom. The maximum Gasteiger partial charge on any atom is 0.254 e. The van der Waals surface area contributed by atoms with Gasteiger partial charge in [-0.25, -0.2) is 4.98 Å². The number of methoxy groups -OCH3 is 1. The highest BCUT2D eigenvalue weighted by molar-refractivity contribution is 5.94. The second-order valence-electron chi connectivity index (χ2n) is 5.73. The van der Waals surface area contributed by atoms with Crippen molar-refractivity contribution in [2.24, 2.45) is 0 Å². The van der Waals surface area contributed by atoms with E-state index < -0.39 is 0 Å². The van der Waals surface area contributed by atoms with Crippen molar-refractivity contribution in [3.8, 4) is 5.88 Å². The lowest BCUT2D eigenvalue weighted by Gasteiger charge is -2.35. The molecule has 2 atom stereocenters. The fourth-order valence-corrected chi connectivity index (χ4v) is 2.48. The first-order valence-corrected chi connectivity index (χ1v) is 8.16. The van der Waals surface area contributed by atoms with Crippen molar-refractivity contribution in [2.45, 2.75) is 38.8 Å². The number of nitrogens with zero attached hydrogens (tertiary/aromatic N) is 2. The average Bonchev–Trinajstić information content (AvgIpc) is 2.59. The first kappa shape index (κ1) is 17.7. The summed E-state index contributed by atoms with van der Waals surface area (Å²) >= 11 is 0. The molecule has 1 amide bonds. The van der Waals surface area contributed by atoms with Gasteiger partial charge in [-0.3, -0.25) is 4.79 Å². The zero-order chi connectivity index (χ0) is 16.7. The van der Waals surface area contributed by atoms with E-state index in [0.29, 0.717) is 37.8 Å². The number of hydrogen-bond donors (Lipinski definition) is 0. The Balaban J connectivity index is 2.09. The molecule has 2 heterocycles. The van der Waals surface area contributed by atoms with Crippen LogP contribution in [0.15, 0.2) is 18.3 Å². The van der Waals surface area contributed by atoms with Crippen LogP contribution in [0.4, 0.5) is 0 Å². The molecule has 0 spiro atoms. The molecule has 1 aromatic rings. The summed E-state index contributed by atoms with van der Waals surface area (Å²) in [5, 5.41) is 0. The number of rotatable bonds is 7. The molecule has 2 unspecified atom stereocenters. The predicted molar refractivity (Wildman–Crippen MR) is 86.8 cm³/mol. The van der Waals surface area contributed by atoms with Crippen molar-refractivity contribution >= 4 is 5.91 Å². The average molecular weight is 322 g/mol. The first-order valence-electron chi connectivity index (χ1n) is 8.16. The van der Waals surface area contributed by atoms with Gasteiger partial charge in [0.05, 0.1) is 25.4 Å². The Bertz CT molecular complexity index is 509. The van der Waals surface area contributed by atoms with Crippen LogP contribution in [-0.4, -0.2) is 61.4 Å². The van der Waals surface area contributed by atoms with Crippen molar-refractivity contribution < 1.29 is 19.0 Å². The van der Waals surface area contributed by atoms with Crippen LogP contribution in [0, 0.1) is 0 Å². The summed E-state index contributed by atoms with van der Waals surface area (Å²) in [7, 11) is 1.66. The van der Waals surface area contributed by atoms with Gasteiger partial charge in [-0.2, -0.15) is 0 Å². The third-order valence-electron chi connectivity index (χ3n) is 4.02. The summed E-state index contributed by atoms with van der Waals surface area (Å²) in [6.07, 6.45) is 3.35. The molecular formula is C17H26N2O4. The predicted octanol–water partition coefficient (Wildman–Crippen LogP) is 2.14. The third-order valence-corrected chi connectivity index (χ3v) is 4.02. The number of ether oxygens (including phenoxy) is 3. The molecule has 6 nitrogen and oxygen atoms in total. The van der Waals surface area contributed by atoms with E-state index in [1.807, 2.05) is 18.7 Å². The molecule has 23 heavy (non-hydrogen) atoms. The molecule has 2 rings (SSSR count). The van der Waals surface area contributed by atoms with Crippen LogP contribution >= 0.6 is 0 Å². The standard InChI is InChI=1S/C17H26N2O4/c1-4-13(2)23-16-11-14(5-7-18-16)17(20)19-8-10-22-12-15(19)6-9-21-3/h5,7,11,13,15H,4,6,8-10,12H2,1-3H3. The van der Waals surface area contributed by atoms with E-state index in [0.717, 1.165) is 12.8 Å². The summed E-state index contributed by atoms with van der Waals surface area (Å²) in [5.74, 6) is 0.484. The summed E-state index contributed by atoms with van der Waals surface area (Å²) in [5.41, 5.74) is 0.600. The number of carbonyl (C=O) groups excluding carboxylic acids is 1. The number of amides is 1. The largest absolute Gasteiger partial charge is 0.475 e. The highest BCUT2D eigenvalue weighted by Gasteiger charge is 2.28. The quantitative estimate of drug-likeness (QED) is 0.770. The number of pyridine rings is 1. The molecule has 1 aliphatic rings. The van der Waals surface area contributed by atoms with Crippen LogP contribution < -0.4 is 4.74 Å². The van der Waals surface area contributed by atoms with Gasteiger partial charge in [-0.1, -0.05) is 6.92 Å². The molecule has 1 saturated heterocycles. The van der Waals surface area contributed by atoms with E-state index in [9.17, 15) is 4.79 Å². The van der Waals surface area contributed by atoms with Crippen LogP contribution in [0.3, 0.4) is 0 Å². The van der Waals surface area contributed by atoms with Crippen molar-refractivity contribution in [2.75, 3.05) is 33.5 Å². The highest BCUT2D eigenvalue weighted by atomic mass is 16.5. The third kappa shape index (κ3) is 4.91. The van der Waals surface area contributed by atoms with Gasteiger partial charge < -0.3 is 19.1 Å². The SMILES string of the molecule is CCC(C)Oc1cc(C(=O)N2CCOCC2CCOC)ccn1. The molecule has 0 aromatic carbocycles. The monoisotopic (exact) mass is 322 g/mol. The molecular weight excluding hydrogens is 296 g/mol. The van der Waals surface area contributed by atoms with E-state index in [4.69, 9.17) is 14.2 Å². The van der Waals surface area contributed by atoms with E-state index >= 15 is 0 Å². The van der Waals surface area contributed by atoms with Gasteiger partial charge in [0, 0.05) is 38.1 Å². The topological polar surface area (TPSA) is 60.9 Å². The van der Waals surface area contributed by atoms with Crippen molar-refractivity contribution in [1.82, 2.24) is 9.88 Å². The summed E-state index contributed by atoms with van der Waals surface area (Å²) in [6, 6.07) is 3.50. The van der Waals surface area contributed by atoms with E-state index in [2.05, 4.69) is 4.98 Å². The van der Waals surface area contributed by atoms with Crippen LogP contribution in [0.2, 0.25) is 0 Å². The fourth-order valence-electron chi connectivity index (χ4n) is 2.48. The summed E-state index contributed by atoms with van der Waals surface area (Å²) < 4.78 is 16.3. The van der Waals surface area contributed by atoms with Gasteiger partial charge >= 0.3 is 0 Å². The van der Waals surface area contributed by atoms with Crippen LogP contribution in [0.5, 0.6) is 5.88 Å².